The van der Waals surface area contributed by atoms with E-state index in [9.17, 15) is 9.59 Å². The molecular formula is C15H13ClN2O2S. The number of hydrogen-bond donors (Lipinski definition) is 1. The van der Waals surface area contributed by atoms with E-state index in [1.54, 1.807) is 29.2 Å². The molecule has 1 N–H and O–H groups in total. The summed E-state index contributed by atoms with van der Waals surface area (Å²) in [4.78, 5) is 27.1. The molecule has 1 fully saturated rings. The first-order chi connectivity index (χ1) is 10.2. The van der Waals surface area contributed by atoms with Gasteiger partial charge in [-0.3, -0.25) is 9.59 Å². The van der Waals surface area contributed by atoms with Gasteiger partial charge < -0.3 is 10.2 Å². The molecule has 0 spiro atoms. The van der Waals surface area contributed by atoms with Gasteiger partial charge in [0.1, 0.15) is 6.04 Å². The van der Waals surface area contributed by atoms with Crippen LogP contribution in [0.3, 0.4) is 0 Å². The third-order valence-corrected chi connectivity index (χ3v) is 4.46. The van der Waals surface area contributed by atoms with Crippen LogP contribution in [0.15, 0.2) is 41.8 Å². The number of carbonyl (C=O) groups excluding carboxylic acids is 2. The smallest absolute Gasteiger partial charge is 0.264 e. The Kier molecular flexibility index (Phi) is 3.94. The van der Waals surface area contributed by atoms with Gasteiger partial charge in [-0.15, -0.1) is 11.3 Å². The molecule has 4 nitrogen and oxygen atoms in total. The van der Waals surface area contributed by atoms with Gasteiger partial charge >= 0.3 is 0 Å². The molecule has 3 rings (SSSR count). The number of hydrogen-bond acceptors (Lipinski definition) is 3. The van der Waals surface area contributed by atoms with Crippen LogP contribution in [0.25, 0.3) is 0 Å². The van der Waals surface area contributed by atoms with Gasteiger partial charge in [0.25, 0.3) is 5.91 Å². The summed E-state index contributed by atoms with van der Waals surface area (Å²) in [5, 5.41) is 5.21. The van der Waals surface area contributed by atoms with Crippen LogP contribution in [0.4, 0.5) is 0 Å². The molecule has 1 atom stereocenters. The molecule has 2 aromatic rings. The molecule has 0 bridgehead atoms. The zero-order valence-electron chi connectivity index (χ0n) is 11.1. The first-order valence-electron chi connectivity index (χ1n) is 6.54. The van der Waals surface area contributed by atoms with E-state index in [1.807, 2.05) is 17.5 Å². The number of rotatable bonds is 2. The third kappa shape index (κ3) is 2.80. The minimum absolute atomic E-state index is 0.121. The molecule has 1 aliphatic rings. The molecule has 21 heavy (non-hydrogen) atoms. The quantitative estimate of drug-likeness (QED) is 0.925. The van der Waals surface area contributed by atoms with Crippen LogP contribution < -0.4 is 5.32 Å². The number of nitrogens with zero attached hydrogens (tertiary/aromatic N) is 1. The fourth-order valence-electron chi connectivity index (χ4n) is 2.44. The monoisotopic (exact) mass is 320 g/mol. The Morgan fingerprint density at radius 2 is 2.19 bits per heavy atom. The van der Waals surface area contributed by atoms with Crippen molar-refractivity contribution < 1.29 is 9.59 Å². The van der Waals surface area contributed by atoms with Crippen molar-refractivity contribution >= 4 is 34.8 Å². The highest BCUT2D eigenvalue weighted by Crippen LogP contribution is 2.27. The summed E-state index contributed by atoms with van der Waals surface area (Å²) in [6.45, 7) is 0.951. The highest BCUT2D eigenvalue weighted by Gasteiger charge is 2.35. The van der Waals surface area contributed by atoms with Crippen LogP contribution in [0, 0.1) is 0 Å². The lowest BCUT2D eigenvalue weighted by Crippen LogP contribution is -2.52. The van der Waals surface area contributed by atoms with E-state index < -0.39 is 6.04 Å². The first kappa shape index (κ1) is 14.1. The maximum atomic E-state index is 12.6. The standard InChI is InChI=1S/C15H13ClN2O2S/c16-11-4-1-3-10(9-11)13-14(19)17-6-7-18(13)15(20)12-5-2-8-21-12/h1-5,8-9,13H,6-7H2,(H,17,19). The summed E-state index contributed by atoms with van der Waals surface area (Å²) in [5.41, 5.74) is 0.726. The Morgan fingerprint density at radius 1 is 1.33 bits per heavy atom. The Hall–Kier alpha value is -1.85. The second kappa shape index (κ2) is 5.87. The lowest BCUT2D eigenvalue weighted by Gasteiger charge is -2.35. The molecule has 1 aromatic carbocycles. The second-order valence-electron chi connectivity index (χ2n) is 4.72. The van der Waals surface area contributed by atoms with Crippen molar-refractivity contribution in [1.82, 2.24) is 10.2 Å². The molecule has 6 heteroatoms. The molecule has 2 amide bonds. The third-order valence-electron chi connectivity index (χ3n) is 3.37. The summed E-state index contributed by atoms with van der Waals surface area (Å²) >= 11 is 7.38. The van der Waals surface area contributed by atoms with E-state index in [0.717, 1.165) is 5.56 Å². The molecular weight excluding hydrogens is 308 g/mol. The van der Waals surface area contributed by atoms with E-state index in [2.05, 4.69) is 5.32 Å². The maximum absolute atomic E-state index is 12.6. The number of benzene rings is 1. The predicted molar refractivity (Wildman–Crippen MR) is 82.6 cm³/mol. The number of carbonyl (C=O) groups is 2. The molecule has 108 valence electrons. The van der Waals surface area contributed by atoms with Gasteiger partial charge in [0.15, 0.2) is 0 Å². The van der Waals surface area contributed by atoms with Crippen molar-refractivity contribution in [1.29, 1.82) is 0 Å². The molecule has 0 saturated carbocycles. The minimum Gasteiger partial charge on any atom is -0.352 e. The topological polar surface area (TPSA) is 49.4 Å². The number of nitrogens with one attached hydrogen (secondary N) is 1. The van der Waals surface area contributed by atoms with Crippen LogP contribution in [0.2, 0.25) is 5.02 Å². The molecule has 1 saturated heterocycles. The largest absolute Gasteiger partial charge is 0.352 e. The summed E-state index contributed by atoms with van der Waals surface area (Å²) in [6, 6.07) is 10.0. The van der Waals surface area contributed by atoms with E-state index in [0.29, 0.717) is 23.0 Å². The number of thiophene rings is 1. The van der Waals surface area contributed by atoms with Gasteiger partial charge in [-0.25, -0.2) is 0 Å². The van der Waals surface area contributed by atoms with E-state index in [1.165, 1.54) is 11.3 Å². The average molecular weight is 321 g/mol. The molecule has 0 radical (unpaired) electrons. The van der Waals surface area contributed by atoms with Gasteiger partial charge in [0.2, 0.25) is 5.91 Å². The van der Waals surface area contributed by atoms with Gasteiger partial charge in [-0.2, -0.15) is 0 Å². The molecule has 2 heterocycles. The van der Waals surface area contributed by atoms with Crippen molar-refractivity contribution in [3.63, 3.8) is 0 Å². The molecule has 1 aliphatic heterocycles. The minimum atomic E-state index is -0.632. The Bertz CT molecular complexity index is 672. The number of halogens is 1. The van der Waals surface area contributed by atoms with Crippen LogP contribution in [-0.4, -0.2) is 29.8 Å². The van der Waals surface area contributed by atoms with Gasteiger partial charge in [-0.05, 0) is 29.1 Å². The summed E-state index contributed by atoms with van der Waals surface area (Å²) < 4.78 is 0. The first-order valence-corrected chi connectivity index (χ1v) is 7.80. The van der Waals surface area contributed by atoms with Crippen LogP contribution in [0.1, 0.15) is 21.3 Å². The average Bonchev–Trinajstić information content (AvgIpc) is 3.00. The summed E-state index contributed by atoms with van der Waals surface area (Å²) in [6.07, 6.45) is 0. The fourth-order valence-corrected chi connectivity index (χ4v) is 3.31. The number of amides is 2. The van der Waals surface area contributed by atoms with Gasteiger partial charge in [0.05, 0.1) is 4.88 Å². The predicted octanol–water partition coefficient (Wildman–Crippen LogP) is 2.71. The second-order valence-corrected chi connectivity index (χ2v) is 6.11. The van der Waals surface area contributed by atoms with Crippen molar-refractivity contribution in [2.24, 2.45) is 0 Å². The van der Waals surface area contributed by atoms with E-state index in [4.69, 9.17) is 11.6 Å². The number of piperazine rings is 1. The lowest BCUT2D eigenvalue weighted by molar-refractivity contribution is -0.128. The van der Waals surface area contributed by atoms with Crippen molar-refractivity contribution in [3.05, 3.63) is 57.2 Å². The fraction of sp³-hybridized carbons (Fsp3) is 0.200. The van der Waals surface area contributed by atoms with Gasteiger partial charge in [0, 0.05) is 18.1 Å². The zero-order chi connectivity index (χ0) is 14.8. The zero-order valence-corrected chi connectivity index (χ0v) is 12.7. The van der Waals surface area contributed by atoms with E-state index >= 15 is 0 Å². The lowest BCUT2D eigenvalue weighted by atomic mass is 10.0. The van der Waals surface area contributed by atoms with Crippen molar-refractivity contribution in [2.45, 2.75) is 6.04 Å². The van der Waals surface area contributed by atoms with Crippen LogP contribution in [-0.2, 0) is 4.79 Å². The Labute approximate surface area is 131 Å². The van der Waals surface area contributed by atoms with Gasteiger partial charge in [-0.1, -0.05) is 29.8 Å². The molecule has 0 aliphatic carbocycles. The Balaban J connectivity index is 1.97. The summed E-state index contributed by atoms with van der Waals surface area (Å²) in [7, 11) is 0. The highest BCUT2D eigenvalue weighted by atomic mass is 35.5. The summed E-state index contributed by atoms with van der Waals surface area (Å²) in [5.74, 6) is -0.293. The van der Waals surface area contributed by atoms with Crippen LogP contribution in [0.5, 0.6) is 0 Å². The van der Waals surface area contributed by atoms with Crippen molar-refractivity contribution in [3.8, 4) is 0 Å². The van der Waals surface area contributed by atoms with Crippen LogP contribution >= 0.6 is 22.9 Å². The highest BCUT2D eigenvalue weighted by molar-refractivity contribution is 7.12. The molecule has 1 unspecified atom stereocenters. The maximum Gasteiger partial charge on any atom is 0.264 e. The SMILES string of the molecule is O=C1NCCN(C(=O)c2cccs2)C1c1cccc(Cl)c1. The Morgan fingerprint density at radius 3 is 2.90 bits per heavy atom. The normalized spacial score (nSPS) is 18.4. The van der Waals surface area contributed by atoms with Crippen molar-refractivity contribution in [2.75, 3.05) is 13.1 Å². The van der Waals surface area contributed by atoms with E-state index in [-0.39, 0.29) is 11.8 Å². The molecule has 1 aromatic heterocycles.